The molecule has 0 fully saturated rings. The van der Waals surface area contributed by atoms with Crippen LogP contribution in [0.2, 0.25) is 6.04 Å². The van der Waals surface area contributed by atoms with Gasteiger partial charge in [-0.3, -0.25) is 4.79 Å². The molecule has 0 aliphatic carbocycles. The van der Waals surface area contributed by atoms with Crippen molar-refractivity contribution in [3.05, 3.63) is 12.2 Å². The van der Waals surface area contributed by atoms with Gasteiger partial charge in [-0.25, -0.2) is 0 Å². The summed E-state index contributed by atoms with van der Waals surface area (Å²) >= 11 is 0. The monoisotopic (exact) mass is 141 g/mol. The molecule has 0 aromatic heterocycles. The van der Waals surface area contributed by atoms with Gasteiger partial charge in [0.05, 0.1) is 0 Å². The Morgan fingerprint density at radius 3 is 2.67 bits per heavy atom. The third kappa shape index (κ3) is 5.30. The number of rotatable bonds is 3. The molecule has 0 aromatic carbocycles. The Labute approximate surface area is 58.3 Å². The summed E-state index contributed by atoms with van der Waals surface area (Å²) in [5.41, 5.74) is 0.863. The van der Waals surface area contributed by atoms with Gasteiger partial charge in [0, 0.05) is 17.2 Å². The lowest BCUT2D eigenvalue weighted by atomic mass is 10.4. The molecule has 49 valence electrons. The first-order chi connectivity index (χ1) is 4.16. The first-order valence-electron chi connectivity index (χ1n) is 2.61. The maximum atomic E-state index is 10.2. The fourth-order valence-electron chi connectivity index (χ4n) is 0.255. The molecule has 0 unspecified atom stereocenters. The summed E-state index contributed by atoms with van der Waals surface area (Å²) in [6.07, 6.45) is 0. The highest BCUT2D eigenvalue weighted by Gasteiger charge is 1.92. The largest absolute Gasteiger partial charge is 0.461 e. The number of hydrogen-bond donors (Lipinski definition) is 0. The van der Waals surface area contributed by atoms with Crippen molar-refractivity contribution in [1.29, 1.82) is 0 Å². The molecule has 0 saturated carbocycles. The molecule has 0 atom stereocenters. The third-order valence-electron chi connectivity index (χ3n) is 0.730. The SMILES string of the molecule is C=C(C[Si])COC(C)=O. The van der Waals surface area contributed by atoms with Gasteiger partial charge in [-0.05, 0) is 11.6 Å². The second-order valence-electron chi connectivity index (χ2n) is 1.71. The average Bonchev–Trinajstić information content (AvgIpc) is 1.83. The van der Waals surface area contributed by atoms with Gasteiger partial charge in [-0.15, -0.1) is 0 Å². The Kier molecular flexibility index (Phi) is 4.04. The van der Waals surface area contributed by atoms with Crippen molar-refractivity contribution in [3.8, 4) is 0 Å². The summed E-state index contributed by atoms with van der Waals surface area (Å²) in [5, 5.41) is 0. The van der Waals surface area contributed by atoms with E-state index < -0.39 is 0 Å². The van der Waals surface area contributed by atoms with Crippen LogP contribution in [0.5, 0.6) is 0 Å². The summed E-state index contributed by atoms with van der Waals surface area (Å²) in [7, 11) is 3.22. The first-order valence-corrected chi connectivity index (χ1v) is 3.32. The Hall–Kier alpha value is -0.573. The molecule has 0 aliphatic heterocycles. The number of esters is 1. The van der Waals surface area contributed by atoms with Crippen LogP contribution < -0.4 is 0 Å². The van der Waals surface area contributed by atoms with E-state index in [9.17, 15) is 4.79 Å². The Morgan fingerprint density at radius 2 is 2.33 bits per heavy atom. The molecule has 9 heavy (non-hydrogen) atoms. The fourth-order valence-corrected chi connectivity index (χ4v) is 0.357. The molecular weight excluding hydrogens is 132 g/mol. The van der Waals surface area contributed by atoms with Crippen LogP contribution in [-0.2, 0) is 9.53 Å². The predicted octanol–water partition coefficient (Wildman–Crippen LogP) is 0.692. The Balaban J connectivity index is 3.28. The normalized spacial score (nSPS) is 8.67. The molecule has 0 rings (SSSR count). The van der Waals surface area contributed by atoms with E-state index >= 15 is 0 Å². The number of carbonyl (C=O) groups is 1. The molecule has 0 N–H and O–H groups in total. The molecule has 3 radical (unpaired) electrons. The lowest BCUT2D eigenvalue weighted by Gasteiger charge is -2.00. The van der Waals surface area contributed by atoms with Gasteiger partial charge in [0.2, 0.25) is 0 Å². The lowest BCUT2D eigenvalue weighted by molar-refractivity contribution is -0.139. The van der Waals surface area contributed by atoms with Gasteiger partial charge >= 0.3 is 5.97 Å². The van der Waals surface area contributed by atoms with E-state index in [0.717, 1.165) is 5.57 Å². The smallest absolute Gasteiger partial charge is 0.302 e. The zero-order chi connectivity index (χ0) is 7.28. The number of carbonyl (C=O) groups excluding carboxylic acids is 1. The van der Waals surface area contributed by atoms with Crippen LogP contribution in [0.3, 0.4) is 0 Å². The lowest BCUT2D eigenvalue weighted by Crippen LogP contribution is -2.01. The number of hydrogen-bond acceptors (Lipinski definition) is 2. The van der Waals surface area contributed by atoms with Crippen molar-refractivity contribution in [3.63, 3.8) is 0 Å². The zero-order valence-corrected chi connectivity index (χ0v) is 6.44. The molecule has 0 bridgehead atoms. The summed E-state index contributed by atoms with van der Waals surface area (Å²) < 4.78 is 4.62. The van der Waals surface area contributed by atoms with Crippen molar-refractivity contribution in [1.82, 2.24) is 0 Å². The van der Waals surface area contributed by atoms with Gasteiger partial charge < -0.3 is 4.74 Å². The van der Waals surface area contributed by atoms with Crippen molar-refractivity contribution in [2.75, 3.05) is 6.61 Å². The first kappa shape index (κ1) is 8.43. The molecule has 0 spiro atoms. The molecule has 0 aromatic rings. The maximum Gasteiger partial charge on any atom is 0.302 e. The van der Waals surface area contributed by atoms with Crippen LogP contribution in [0, 0.1) is 0 Å². The fraction of sp³-hybridized carbons (Fsp3) is 0.500. The minimum atomic E-state index is -0.267. The van der Waals surface area contributed by atoms with Crippen molar-refractivity contribution in [2.24, 2.45) is 0 Å². The van der Waals surface area contributed by atoms with Crippen molar-refractivity contribution < 1.29 is 9.53 Å². The van der Waals surface area contributed by atoms with Crippen LogP contribution in [0.4, 0.5) is 0 Å². The second kappa shape index (κ2) is 4.32. The molecule has 0 amide bonds. The van der Waals surface area contributed by atoms with Crippen LogP contribution >= 0.6 is 0 Å². The standard InChI is InChI=1S/C6H9O2Si/c1-5(4-9)3-8-6(2)7/h1,3-4H2,2H3. The molecular formula is C6H9O2Si. The van der Waals surface area contributed by atoms with Gasteiger partial charge in [0.25, 0.3) is 0 Å². The summed E-state index contributed by atoms with van der Waals surface area (Å²) in [4.78, 5) is 10.2. The van der Waals surface area contributed by atoms with Gasteiger partial charge in [0.1, 0.15) is 6.61 Å². The molecule has 0 aliphatic rings. The summed E-state index contributed by atoms with van der Waals surface area (Å²) in [6, 6.07) is 0.674. The topological polar surface area (TPSA) is 26.3 Å². The Morgan fingerprint density at radius 1 is 1.78 bits per heavy atom. The predicted molar refractivity (Wildman–Crippen MR) is 36.3 cm³/mol. The average molecular weight is 141 g/mol. The molecule has 3 heteroatoms. The number of ether oxygens (including phenoxy) is 1. The molecule has 0 heterocycles. The molecule has 2 nitrogen and oxygen atoms in total. The highest BCUT2D eigenvalue weighted by molar-refractivity contribution is 6.10. The van der Waals surface area contributed by atoms with Crippen LogP contribution in [-0.4, -0.2) is 22.8 Å². The van der Waals surface area contributed by atoms with Crippen LogP contribution in [0.25, 0.3) is 0 Å². The minimum absolute atomic E-state index is 0.267. The summed E-state index contributed by atoms with van der Waals surface area (Å²) in [5.74, 6) is -0.267. The third-order valence-corrected chi connectivity index (χ3v) is 1.23. The summed E-state index contributed by atoms with van der Waals surface area (Å²) in [6.45, 7) is 5.31. The minimum Gasteiger partial charge on any atom is -0.461 e. The van der Waals surface area contributed by atoms with E-state index in [-0.39, 0.29) is 5.97 Å². The van der Waals surface area contributed by atoms with Crippen molar-refractivity contribution >= 4 is 16.2 Å². The van der Waals surface area contributed by atoms with Gasteiger partial charge in [-0.1, -0.05) is 6.58 Å². The van der Waals surface area contributed by atoms with Crippen molar-refractivity contribution in [2.45, 2.75) is 13.0 Å². The van der Waals surface area contributed by atoms with Gasteiger partial charge in [0.15, 0.2) is 0 Å². The van der Waals surface area contributed by atoms with E-state index in [1.807, 2.05) is 0 Å². The van der Waals surface area contributed by atoms with E-state index in [2.05, 4.69) is 21.6 Å². The van der Waals surface area contributed by atoms with Crippen LogP contribution in [0.1, 0.15) is 6.92 Å². The zero-order valence-electron chi connectivity index (χ0n) is 5.44. The van der Waals surface area contributed by atoms with E-state index in [4.69, 9.17) is 0 Å². The van der Waals surface area contributed by atoms with E-state index in [1.165, 1.54) is 6.92 Å². The second-order valence-corrected chi connectivity index (χ2v) is 2.06. The molecule has 0 saturated heterocycles. The maximum absolute atomic E-state index is 10.2. The van der Waals surface area contributed by atoms with E-state index in [0.29, 0.717) is 12.7 Å². The highest BCUT2D eigenvalue weighted by Crippen LogP contribution is 1.94. The Bertz CT molecular complexity index is 120. The van der Waals surface area contributed by atoms with Gasteiger partial charge in [-0.2, -0.15) is 0 Å². The van der Waals surface area contributed by atoms with Crippen LogP contribution in [0.15, 0.2) is 12.2 Å². The highest BCUT2D eigenvalue weighted by atomic mass is 28.1. The van der Waals surface area contributed by atoms with E-state index in [1.54, 1.807) is 0 Å². The quantitative estimate of drug-likeness (QED) is 0.328.